The smallest absolute Gasteiger partial charge is 0.312 e. The zero-order valence-electron chi connectivity index (χ0n) is 21.3. The Morgan fingerprint density at radius 1 is 1.36 bits per heavy atom. The molecule has 1 spiro atoms. The Hall–Kier alpha value is -2.42. The Kier molecular flexibility index (Phi) is 7.25. The minimum absolute atomic E-state index is 0.0937. The van der Waals surface area contributed by atoms with Crippen LogP contribution in [0.5, 0.6) is 0 Å². The van der Waals surface area contributed by atoms with Gasteiger partial charge in [-0.25, -0.2) is 0 Å². The lowest BCUT2D eigenvalue weighted by atomic mass is 9.62. The van der Waals surface area contributed by atoms with Crippen molar-refractivity contribution in [3.63, 3.8) is 0 Å². The number of anilines is 1. The molecule has 1 N–H and O–H groups in total. The normalized spacial score (nSPS) is 33.4. The lowest BCUT2D eigenvalue weighted by Crippen LogP contribution is -2.59. The van der Waals surface area contributed by atoms with Gasteiger partial charge in [-0.2, -0.15) is 0 Å². The third-order valence-electron chi connectivity index (χ3n) is 8.32. The molecule has 3 unspecified atom stereocenters. The maximum absolute atomic E-state index is 14.4. The number of carbonyl (C=O) groups is 3. The van der Waals surface area contributed by atoms with Gasteiger partial charge in [0, 0.05) is 17.3 Å². The third kappa shape index (κ3) is 3.76. The number of hydrogen-bond donors (Lipinski definition) is 1. The summed E-state index contributed by atoms with van der Waals surface area (Å²) in [6, 6.07) is 5.24. The van der Waals surface area contributed by atoms with E-state index >= 15 is 0 Å². The number of amides is 2. The highest BCUT2D eigenvalue weighted by molar-refractivity contribution is 6.30. The van der Waals surface area contributed by atoms with Crippen LogP contribution in [0.1, 0.15) is 40.5 Å². The lowest BCUT2D eigenvalue weighted by Gasteiger charge is -2.39. The van der Waals surface area contributed by atoms with Crippen LogP contribution in [0.2, 0.25) is 5.02 Å². The van der Waals surface area contributed by atoms with Crippen LogP contribution in [0, 0.1) is 17.8 Å². The topological polar surface area (TPSA) is 96.4 Å². The van der Waals surface area contributed by atoms with Crippen molar-refractivity contribution in [2.45, 2.75) is 63.8 Å². The van der Waals surface area contributed by atoms with Crippen molar-refractivity contribution in [2.24, 2.45) is 17.8 Å². The molecule has 2 amide bonds. The Morgan fingerprint density at radius 2 is 2.03 bits per heavy atom. The summed E-state index contributed by atoms with van der Waals surface area (Å²) in [5, 5.41) is 10.7. The SMILES string of the molecule is C=CCN(C(=O)C1N([C@@H](CC)CO)C(=O)[C@@H]2[C@H](C(=O)OCC)[C@@]3(C)OC12CC3C)c1ccc(Cl)cc1. The number of likely N-dealkylation sites (tertiary alicyclic amines) is 1. The highest BCUT2D eigenvalue weighted by Crippen LogP contribution is 2.65. The van der Waals surface area contributed by atoms with Crippen LogP contribution in [-0.2, 0) is 23.9 Å². The van der Waals surface area contributed by atoms with E-state index in [1.54, 1.807) is 42.2 Å². The number of ether oxygens (including phenoxy) is 2. The number of aliphatic hydroxyl groups is 1. The summed E-state index contributed by atoms with van der Waals surface area (Å²) in [6.07, 6.45) is 2.49. The molecule has 0 radical (unpaired) electrons. The maximum Gasteiger partial charge on any atom is 0.312 e. The van der Waals surface area contributed by atoms with Crippen molar-refractivity contribution in [2.75, 3.05) is 24.7 Å². The summed E-state index contributed by atoms with van der Waals surface area (Å²) in [7, 11) is 0. The minimum Gasteiger partial charge on any atom is -0.466 e. The average Bonchev–Trinajstić information content (AvgIpc) is 3.36. The van der Waals surface area contributed by atoms with Crippen LogP contribution in [0.25, 0.3) is 0 Å². The average molecular weight is 519 g/mol. The zero-order chi connectivity index (χ0) is 26.4. The fraction of sp³-hybridized carbons (Fsp3) is 0.593. The number of nitrogens with zero attached hydrogens (tertiary/aromatic N) is 2. The van der Waals surface area contributed by atoms with Gasteiger partial charge in [0.2, 0.25) is 5.91 Å². The molecule has 0 saturated carbocycles. The maximum atomic E-state index is 14.4. The molecule has 3 heterocycles. The van der Waals surface area contributed by atoms with Crippen molar-refractivity contribution >= 4 is 35.1 Å². The quantitative estimate of drug-likeness (QED) is 0.398. The molecule has 0 aliphatic carbocycles. The molecule has 8 nitrogen and oxygen atoms in total. The van der Waals surface area contributed by atoms with Gasteiger partial charge in [0.05, 0.1) is 30.8 Å². The van der Waals surface area contributed by atoms with E-state index < -0.39 is 41.1 Å². The first-order valence-corrected chi connectivity index (χ1v) is 13.0. The molecule has 3 aliphatic rings. The van der Waals surface area contributed by atoms with E-state index in [4.69, 9.17) is 21.1 Å². The standard InChI is InChI=1S/C27H35ClN2O6/c1-6-13-29(19-11-9-17(28)10-12-19)24(33)22-27-14-16(4)26(5,36-27)21(25(34)35-8-3)20(27)23(32)30(22)18(7-2)15-31/h6,9-12,16,18,20-22,31H,1,7-8,13-15H2,2-5H3/t16?,18-,20-,21+,22?,26-,27?/m0/s1. The summed E-state index contributed by atoms with van der Waals surface area (Å²) in [5.41, 5.74) is -1.56. The van der Waals surface area contributed by atoms with Gasteiger partial charge in [-0.15, -0.1) is 6.58 Å². The Labute approximate surface area is 217 Å². The second-order valence-corrected chi connectivity index (χ2v) is 10.6. The molecule has 36 heavy (non-hydrogen) atoms. The highest BCUT2D eigenvalue weighted by Gasteiger charge is 2.80. The summed E-state index contributed by atoms with van der Waals surface area (Å²) < 4.78 is 12.1. The molecule has 1 aromatic carbocycles. The Morgan fingerprint density at radius 3 is 2.58 bits per heavy atom. The molecule has 3 fully saturated rings. The molecule has 3 aliphatic heterocycles. The Balaban J connectivity index is 1.87. The molecule has 2 bridgehead atoms. The molecule has 4 rings (SSSR count). The molecule has 7 atom stereocenters. The number of esters is 1. The molecule has 1 aromatic rings. The molecule has 0 aromatic heterocycles. The summed E-state index contributed by atoms with van der Waals surface area (Å²) >= 11 is 6.08. The van der Waals surface area contributed by atoms with Crippen molar-refractivity contribution in [1.29, 1.82) is 0 Å². The van der Waals surface area contributed by atoms with Crippen molar-refractivity contribution in [3.8, 4) is 0 Å². The predicted molar refractivity (Wildman–Crippen MR) is 135 cm³/mol. The zero-order valence-corrected chi connectivity index (χ0v) is 22.0. The van der Waals surface area contributed by atoms with Crippen LogP contribution >= 0.6 is 11.6 Å². The van der Waals surface area contributed by atoms with Crippen LogP contribution in [0.15, 0.2) is 36.9 Å². The van der Waals surface area contributed by atoms with Crippen molar-refractivity contribution in [3.05, 3.63) is 41.9 Å². The largest absolute Gasteiger partial charge is 0.466 e. The summed E-state index contributed by atoms with van der Waals surface area (Å²) in [6.45, 7) is 11.3. The number of aliphatic hydroxyl groups excluding tert-OH is 1. The lowest BCUT2D eigenvalue weighted by molar-refractivity contribution is -0.162. The first-order chi connectivity index (χ1) is 17.1. The summed E-state index contributed by atoms with van der Waals surface area (Å²) in [4.78, 5) is 44.8. The molecular formula is C27H35ClN2O6. The number of fused-ring (bicyclic) bond motifs is 1. The van der Waals surface area contributed by atoms with Gasteiger partial charge >= 0.3 is 5.97 Å². The van der Waals surface area contributed by atoms with Gasteiger partial charge in [-0.1, -0.05) is 31.5 Å². The van der Waals surface area contributed by atoms with Crippen molar-refractivity contribution in [1.82, 2.24) is 4.90 Å². The van der Waals surface area contributed by atoms with Crippen LogP contribution in [-0.4, -0.2) is 70.8 Å². The first kappa shape index (κ1) is 26.6. The number of rotatable bonds is 9. The number of halogens is 1. The Bertz CT molecular complexity index is 1040. The number of hydrogen-bond acceptors (Lipinski definition) is 6. The van der Waals surface area contributed by atoms with Crippen LogP contribution in [0.4, 0.5) is 5.69 Å². The van der Waals surface area contributed by atoms with Crippen molar-refractivity contribution < 1.29 is 29.0 Å². The second kappa shape index (κ2) is 9.80. The van der Waals surface area contributed by atoms with Gasteiger partial charge in [-0.05, 0) is 56.9 Å². The fourth-order valence-corrected chi connectivity index (χ4v) is 6.70. The van der Waals surface area contributed by atoms with E-state index in [0.717, 1.165) is 0 Å². The van der Waals surface area contributed by atoms with E-state index in [9.17, 15) is 19.5 Å². The molecule has 9 heteroatoms. The number of carbonyl (C=O) groups excluding carboxylic acids is 3. The van der Waals surface area contributed by atoms with Crippen LogP contribution < -0.4 is 4.90 Å². The van der Waals surface area contributed by atoms with E-state index in [-0.39, 0.29) is 37.5 Å². The van der Waals surface area contributed by atoms with E-state index in [1.807, 2.05) is 20.8 Å². The predicted octanol–water partition coefficient (Wildman–Crippen LogP) is 3.20. The monoisotopic (exact) mass is 518 g/mol. The number of benzene rings is 1. The second-order valence-electron chi connectivity index (χ2n) is 10.2. The van der Waals surface area contributed by atoms with Gasteiger partial charge in [-0.3, -0.25) is 14.4 Å². The van der Waals surface area contributed by atoms with E-state index in [1.165, 1.54) is 4.90 Å². The van der Waals surface area contributed by atoms with Gasteiger partial charge in [0.15, 0.2) is 0 Å². The molecule has 3 saturated heterocycles. The third-order valence-corrected chi connectivity index (χ3v) is 8.57. The highest BCUT2D eigenvalue weighted by atomic mass is 35.5. The fourth-order valence-electron chi connectivity index (χ4n) is 6.57. The van der Waals surface area contributed by atoms with E-state index in [0.29, 0.717) is 23.6 Å². The minimum atomic E-state index is -1.21. The molecular weight excluding hydrogens is 484 g/mol. The molecule has 196 valence electrons. The van der Waals surface area contributed by atoms with Gasteiger partial charge in [0.1, 0.15) is 17.6 Å². The van der Waals surface area contributed by atoms with Gasteiger partial charge < -0.3 is 24.4 Å². The summed E-state index contributed by atoms with van der Waals surface area (Å²) in [5.74, 6) is -2.99. The first-order valence-electron chi connectivity index (χ1n) is 12.6. The van der Waals surface area contributed by atoms with E-state index in [2.05, 4.69) is 6.58 Å². The van der Waals surface area contributed by atoms with Gasteiger partial charge in [0.25, 0.3) is 5.91 Å². The van der Waals surface area contributed by atoms with Crippen LogP contribution in [0.3, 0.4) is 0 Å².